The number of phenols is 1. The Labute approximate surface area is 254 Å². The lowest BCUT2D eigenvalue weighted by atomic mass is 9.95. The topological polar surface area (TPSA) is 60.2 Å². The SMILES string of the molecule is CC(C)c1ccnc(-n2c3cc(C(C)C)ccc3c3c(C(C)C)cc(Oc4ccc5ccc(C(C)C)c(O)c5n4)cc32)c1. The van der Waals surface area contributed by atoms with E-state index in [1.165, 1.54) is 27.5 Å². The Kier molecular flexibility index (Phi) is 7.37. The molecule has 3 aromatic carbocycles. The third-order valence-corrected chi connectivity index (χ3v) is 8.53. The van der Waals surface area contributed by atoms with E-state index in [1.54, 1.807) is 0 Å². The first-order valence-electron chi connectivity index (χ1n) is 15.4. The average Bonchev–Trinajstić information content (AvgIpc) is 3.30. The number of pyridine rings is 2. The first kappa shape index (κ1) is 28.7. The fourth-order valence-corrected chi connectivity index (χ4v) is 6.02. The molecule has 220 valence electrons. The van der Waals surface area contributed by atoms with E-state index in [-0.39, 0.29) is 17.6 Å². The van der Waals surface area contributed by atoms with Crippen LogP contribution in [0.3, 0.4) is 0 Å². The number of aromatic nitrogens is 3. The number of benzene rings is 3. The van der Waals surface area contributed by atoms with Crippen molar-refractivity contribution < 1.29 is 9.84 Å². The summed E-state index contributed by atoms with van der Waals surface area (Å²) >= 11 is 0. The zero-order valence-corrected chi connectivity index (χ0v) is 26.4. The third-order valence-electron chi connectivity index (χ3n) is 8.53. The second-order valence-corrected chi connectivity index (χ2v) is 12.9. The Bertz CT molecular complexity index is 1980. The van der Waals surface area contributed by atoms with Gasteiger partial charge in [0.25, 0.3) is 0 Å². The highest BCUT2D eigenvalue weighted by Crippen LogP contribution is 2.41. The number of phenolic OH excluding ortho intramolecular Hbond substituents is 1. The Morgan fingerprint density at radius 2 is 1.37 bits per heavy atom. The van der Waals surface area contributed by atoms with E-state index in [2.05, 4.69) is 102 Å². The molecule has 0 saturated heterocycles. The van der Waals surface area contributed by atoms with Crippen LogP contribution in [-0.4, -0.2) is 19.6 Å². The fourth-order valence-electron chi connectivity index (χ4n) is 6.02. The maximum absolute atomic E-state index is 11.0. The molecule has 1 N–H and O–H groups in total. The number of ether oxygens (including phenoxy) is 1. The highest BCUT2D eigenvalue weighted by Gasteiger charge is 2.21. The lowest BCUT2D eigenvalue weighted by Crippen LogP contribution is -2.01. The summed E-state index contributed by atoms with van der Waals surface area (Å²) in [6.45, 7) is 17.5. The molecule has 6 rings (SSSR count). The lowest BCUT2D eigenvalue weighted by Gasteiger charge is -2.15. The van der Waals surface area contributed by atoms with E-state index in [4.69, 9.17) is 14.7 Å². The van der Waals surface area contributed by atoms with Gasteiger partial charge in [0.05, 0.1) is 11.0 Å². The van der Waals surface area contributed by atoms with E-state index in [1.807, 2.05) is 30.5 Å². The van der Waals surface area contributed by atoms with Gasteiger partial charge in [0.15, 0.2) is 0 Å². The van der Waals surface area contributed by atoms with E-state index < -0.39 is 0 Å². The number of aromatic hydroxyl groups is 1. The molecule has 0 atom stereocenters. The van der Waals surface area contributed by atoms with Crippen LogP contribution in [0, 0.1) is 0 Å². The normalized spacial score (nSPS) is 12.2. The van der Waals surface area contributed by atoms with E-state index in [9.17, 15) is 5.11 Å². The smallest absolute Gasteiger partial charge is 0.219 e. The molecule has 3 aromatic heterocycles. The molecular formula is C38H41N3O2. The first-order valence-corrected chi connectivity index (χ1v) is 15.4. The highest BCUT2D eigenvalue weighted by atomic mass is 16.5. The van der Waals surface area contributed by atoms with Gasteiger partial charge in [-0.2, -0.15) is 0 Å². The predicted octanol–water partition coefficient (Wildman–Crippen LogP) is 10.7. The summed E-state index contributed by atoms with van der Waals surface area (Å²) in [5.41, 5.74) is 7.37. The molecular weight excluding hydrogens is 530 g/mol. The molecule has 0 aliphatic rings. The van der Waals surface area contributed by atoms with Crippen LogP contribution < -0.4 is 4.74 Å². The van der Waals surface area contributed by atoms with Gasteiger partial charge < -0.3 is 9.84 Å². The summed E-state index contributed by atoms with van der Waals surface area (Å²) < 4.78 is 8.78. The van der Waals surface area contributed by atoms with E-state index in [0.717, 1.165) is 27.8 Å². The zero-order valence-electron chi connectivity index (χ0n) is 26.4. The van der Waals surface area contributed by atoms with Crippen LogP contribution in [0.1, 0.15) is 101 Å². The summed E-state index contributed by atoms with van der Waals surface area (Å²) in [6, 6.07) is 23.2. The molecule has 0 aliphatic carbocycles. The summed E-state index contributed by atoms with van der Waals surface area (Å²) in [5, 5.41) is 14.3. The Balaban J connectivity index is 1.60. The van der Waals surface area contributed by atoms with Crippen LogP contribution in [0.2, 0.25) is 0 Å². The van der Waals surface area contributed by atoms with Crippen molar-refractivity contribution in [3.63, 3.8) is 0 Å². The Morgan fingerprint density at radius 3 is 2.07 bits per heavy atom. The monoisotopic (exact) mass is 571 g/mol. The average molecular weight is 572 g/mol. The molecule has 0 unspecified atom stereocenters. The second kappa shape index (κ2) is 11.0. The van der Waals surface area contributed by atoms with Crippen LogP contribution in [-0.2, 0) is 0 Å². The van der Waals surface area contributed by atoms with Crippen molar-refractivity contribution in [2.45, 2.75) is 79.1 Å². The quantitative estimate of drug-likeness (QED) is 0.207. The number of hydrogen-bond acceptors (Lipinski definition) is 4. The van der Waals surface area contributed by atoms with Crippen LogP contribution in [0.4, 0.5) is 0 Å². The van der Waals surface area contributed by atoms with Crippen molar-refractivity contribution in [1.82, 2.24) is 14.5 Å². The van der Waals surface area contributed by atoms with Crippen molar-refractivity contribution in [3.05, 3.63) is 95.2 Å². The second-order valence-electron chi connectivity index (χ2n) is 12.9. The van der Waals surface area contributed by atoms with Gasteiger partial charge in [0.2, 0.25) is 5.88 Å². The molecule has 0 bridgehead atoms. The van der Waals surface area contributed by atoms with Gasteiger partial charge in [0.1, 0.15) is 22.8 Å². The maximum Gasteiger partial charge on any atom is 0.219 e. The Hall–Kier alpha value is -4.38. The minimum Gasteiger partial charge on any atom is -0.505 e. The van der Waals surface area contributed by atoms with Crippen LogP contribution in [0.5, 0.6) is 17.4 Å². The molecule has 5 heteroatoms. The van der Waals surface area contributed by atoms with Gasteiger partial charge in [-0.15, -0.1) is 0 Å². The summed E-state index contributed by atoms with van der Waals surface area (Å²) in [5.74, 6) is 3.50. The van der Waals surface area contributed by atoms with E-state index >= 15 is 0 Å². The van der Waals surface area contributed by atoms with Crippen molar-refractivity contribution in [2.75, 3.05) is 0 Å². The molecule has 0 amide bonds. The number of hydrogen-bond donors (Lipinski definition) is 1. The highest BCUT2D eigenvalue weighted by molar-refractivity contribution is 6.11. The van der Waals surface area contributed by atoms with Crippen molar-refractivity contribution in [3.8, 4) is 23.2 Å². The molecule has 0 fully saturated rings. The molecule has 0 spiro atoms. The van der Waals surface area contributed by atoms with Crippen LogP contribution >= 0.6 is 0 Å². The molecule has 43 heavy (non-hydrogen) atoms. The van der Waals surface area contributed by atoms with Gasteiger partial charge in [-0.25, -0.2) is 9.97 Å². The predicted molar refractivity (Wildman–Crippen MR) is 178 cm³/mol. The van der Waals surface area contributed by atoms with Gasteiger partial charge >= 0.3 is 0 Å². The maximum atomic E-state index is 11.0. The lowest BCUT2D eigenvalue weighted by molar-refractivity contribution is 0.456. The molecule has 5 nitrogen and oxygen atoms in total. The zero-order chi connectivity index (χ0) is 30.6. The molecule has 3 heterocycles. The standard InChI is InChI=1S/C38H41N3O2/c1-21(2)26-10-13-30-32(17-26)41(34-18-27(22(3)4)15-16-39-34)33-20-28(19-31(24(7)8)36(30)33)43-35-14-11-25-9-12-29(23(5)6)38(42)37(25)40-35/h9-24,42H,1-8H3. The Morgan fingerprint density at radius 1 is 0.674 bits per heavy atom. The third kappa shape index (κ3) is 5.11. The minimum absolute atomic E-state index is 0.188. The first-order chi connectivity index (χ1) is 20.5. The van der Waals surface area contributed by atoms with Crippen molar-refractivity contribution in [1.29, 1.82) is 0 Å². The molecule has 6 aromatic rings. The summed E-state index contributed by atoms with van der Waals surface area (Å²) in [6.07, 6.45) is 1.91. The molecule has 0 saturated carbocycles. The van der Waals surface area contributed by atoms with Gasteiger partial charge in [0, 0.05) is 34.5 Å². The number of nitrogens with zero attached hydrogens (tertiary/aromatic N) is 3. The van der Waals surface area contributed by atoms with Crippen molar-refractivity contribution in [2.24, 2.45) is 0 Å². The summed E-state index contributed by atoms with van der Waals surface area (Å²) in [7, 11) is 0. The van der Waals surface area contributed by atoms with Gasteiger partial charge in [-0.1, -0.05) is 79.7 Å². The van der Waals surface area contributed by atoms with E-state index in [0.29, 0.717) is 29.0 Å². The van der Waals surface area contributed by atoms with Crippen molar-refractivity contribution >= 4 is 32.7 Å². The van der Waals surface area contributed by atoms with Gasteiger partial charge in [-0.05, 0) is 76.3 Å². The number of fused-ring (bicyclic) bond motifs is 4. The largest absolute Gasteiger partial charge is 0.505 e. The van der Waals surface area contributed by atoms with Crippen LogP contribution in [0.15, 0.2) is 72.9 Å². The summed E-state index contributed by atoms with van der Waals surface area (Å²) in [4.78, 5) is 9.64. The number of rotatable bonds is 7. The fraction of sp³-hybridized carbons (Fsp3) is 0.316. The molecule has 0 aliphatic heterocycles. The minimum atomic E-state index is 0.188. The van der Waals surface area contributed by atoms with Crippen LogP contribution in [0.25, 0.3) is 38.5 Å². The molecule has 0 radical (unpaired) electrons. The van der Waals surface area contributed by atoms with Gasteiger partial charge in [-0.3, -0.25) is 4.57 Å².